The van der Waals surface area contributed by atoms with Crippen molar-refractivity contribution < 1.29 is 9.47 Å². The van der Waals surface area contributed by atoms with Crippen molar-refractivity contribution in [1.82, 2.24) is 9.97 Å². The molecule has 0 atom stereocenters. The number of halogens is 2. The average molecular weight is 350 g/mol. The van der Waals surface area contributed by atoms with Crippen molar-refractivity contribution >= 4 is 46.4 Å². The number of ether oxygens (including phenoxy) is 2. The average Bonchev–Trinajstić information content (AvgIpc) is 2.55. The van der Waals surface area contributed by atoms with E-state index in [4.69, 9.17) is 21.1 Å². The Balaban J connectivity index is 0.00000156. The quantitative estimate of drug-likeness (QED) is 0.750. The number of hydrogen-bond donors (Lipinski definition) is 1. The maximum Gasteiger partial charge on any atom is 0.163 e. The molecule has 118 valence electrons. The first-order valence-electron chi connectivity index (χ1n) is 6.86. The summed E-state index contributed by atoms with van der Waals surface area (Å²) in [7, 11) is 0. The first-order chi connectivity index (χ1) is 10.8. The van der Waals surface area contributed by atoms with Crippen molar-refractivity contribution in [1.29, 1.82) is 0 Å². The molecule has 0 fully saturated rings. The molecular weight excluding hydrogens is 337 g/mol. The molecule has 7 heteroatoms. The first-order valence-corrected chi connectivity index (χ1v) is 7.24. The molecular formula is C16H13Cl2N3O2. The molecule has 4 rings (SSSR count). The second kappa shape index (κ2) is 6.48. The van der Waals surface area contributed by atoms with E-state index >= 15 is 0 Å². The van der Waals surface area contributed by atoms with Gasteiger partial charge in [-0.3, -0.25) is 0 Å². The zero-order chi connectivity index (χ0) is 14.9. The van der Waals surface area contributed by atoms with E-state index in [-0.39, 0.29) is 12.4 Å². The molecule has 2 heterocycles. The number of fused-ring (bicyclic) bond motifs is 2. The molecule has 0 saturated heterocycles. The lowest BCUT2D eigenvalue weighted by Crippen LogP contribution is -2.15. The third kappa shape index (κ3) is 3.11. The molecule has 1 aliphatic rings. The molecule has 0 radical (unpaired) electrons. The van der Waals surface area contributed by atoms with Crippen LogP contribution in [0.3, 0.4) is 0 Å². The maximum atomic E-state index is 6.00. The fraction of sp³-hybridized carbons (Fsp3) is 0.125. The second-order valence-corrected chi connectivity index (χ2v) is 5.30. The molecule has 3 aromatic rings. The molecule has 0 amide bonds. The van der Waals surface area contributed by atoms with E-state index in [0.29, 0.717) is 18.2 Å². The Morgan fingerprint density at radius 2 is 1.78 bits per heavy atom. The van der Waals surface area contributed by atoms with Crippen LogP contribution in [0.4, 0.5) is 11.5 Å². The SMILES string of the molecule is Cl.Clc1ccc2c(Nc3ccc4c(c3)OCCO4)ncnc2c1. The molecule has 1 aliphatic heterocycles. The lowest BCUT2D eigenvalue weighted by atomic mass is 10.2. The summed E-state index contributed by atoms with van der Waals surface area (Å²) in [5.41, 5.74) is 1.67. The van der Waals surface area contributed by atoms with Crippen molar-refractivity contribution in [3.05, 3.63) is 47.7 Å². The summed E-state index contributed by atoms with van der Waals surface area (Å²) < 4.78 is 11.1. The molecule has 1 N–H and O–H groups in total. The van der Waals surface area contributed by atoms with E-state index in [0.717, 1.165) is 33.9 Å². The van der Waals surface area contributed by atoms with Gasteiger partial charge in [0.25, 0.3) is 0 Å². The minimum atomic E-state index is 0. The molecule has 5 nitrogen and oxygen atoms in total. The minimum Gasteiger partial charge on any atom is -0.486 e. The van der Waals surface area contributed by atoms with E-state index < -0.39 is 0 Å². The maximum absolute atomic E-state index is 6.00. The van der Waals surface area contributed by atoms with Gasteiger partial charge in [-0.05, 0) is 30.3 Å². The zero-order valence-electron chi connectivity index (χ0n) is 12.0. The number of benzene rings is 2. The largest absolute Gasteiger partial charge is 0.486 e. The number of aromatic nitrogens is 2. The molecule has 0 bridgehead atoms. The van der Waals surface area contributed by atoms with Crippen molar-refractivity contribution in [2.45, 2.75) is 0 Å². The van der Waals surface area contributed by atoms with Gasteiger partial charge in [-0.1, -0.05) is 11.6 Å². The van der Waals surface area contributed by atoms with Crippen LogP contribution < -0.4 is 14.8 Å². The third-order valence-electron chi connectivity index (χ3n) is 3.40. The number of nitrogens with one attached hydrogen (secondary N) is 1. The highest BCUT2D eigenvalue weighted by atomic mass is 35.5. The van der Waals surface area contributed by atoms with Crippen LogP contribution in [0.25, 0.3) is 10.9 Å². The normalized spacial score (nSPS) is 12.6. The van der Waals surface area contributed by atoms with Crippen LogP contribution in [0.5, 0.6) is 11.5 Å². The van der Waals surface area contributed by atoms with Crippen LogP contribution in [0.1, 0.15) is 0 Å². The van der Waals surface area contributed by atoms with Gasteiger partial charge in [0.2, 0.25) is 0 Å². The van der Waals surface area contributed by atoms with Gasteiger partial charge < -0.3 is 14.8 Å². The molecule has 0 unspecified atom stereocenters. The highest BCUT2D eigenvalue weighted by Gasteiger charge is 2.12. The topological polar surface area (TPSA) is 56.3 Å². The smallest absolute Gasteiger partial charge is 0.163 e. The zero-order valence-corrected chi connectivity index (χ0v) is 13.5. The summed E-state index contributed by atoms with van der Waals surface area (Å²) in [5, 5.41) is 4.84. The van der Waals surface area contributed by atoms with Crippen molar-refractivity contribution in [3.63, 3.8) is 0 Å². The summed E-state index contributed by atoms with van der Waals surface area (Å²) in [5.74, 6) is 2.21. The lowest BCUT2D eigenvalue weighted by molar-refractivity contribution is 0.171. The van der Waals surface area contributed by atoms with E-state index in [2.05, 4.69) is 15.3 Å². The minimum absolute atomic E-state index is 0. The van der Waals surface area contributed by atoms with E-state index in [9.17, 15) is 0 Å². The number of nitrogens with zero attached hydrogens (tertiary/aromatic N) is 2. The Morgan fingerprint density at radius 1 is 0.957 bits per heavy atom. The van der Waals surface area contributed by atoms with Gasteiger partial charge in [-0.2, -0.15) is 0 Å². The summed E-state index contributed by atoms with van der Waals surface area (Å²) in [4.78, 5) is 8.54. The Labute approximate surface area is 144 Å². The van der Waals surface area contributed by atoms with Crippen LogP contribution in [0, 0.1) is 0 Å². The Kier molecular flexibility index (Phi) is 4.41. The number of rotatable bonds is 2. The Bertz CT molecular complexity index is 858. The summed E-state index contributed by atoms with van der Waals surface area (Å²) >= 11 is 6.00. The standard InChI is InChI=1S/C16H12ClN3O2.ClH/c17-10-1-3-12-13(7-10)18-9-19-16(12)20-11-2-4-14-15(8-11)22-6-5-21-14;/h1-4,7-9H,5-6H2,(H,18,19,20);1H. The van der Waals surface area contributed by atoms with Crippen LogP contribution in [0.2, 0.25) is 5.02 Å². The van der Waals surface area contributed by atoms with Crippen LogP contribution >= 0.6 is 24.0 Å². The number of hydrogen-bond acceptors (Lipinski definition) is 5. The Morgan fingerprint density at radius 3 is 2.65 bits per heavy atom. The molecule has 0 spiro atoms. The van der Waals surface area contributed by atoms with Crippen LogP contribution in [-0.2, 0) is 0 Å². The second-order valence-electron chi connectivity index (χ2n) is 4.87. The van der Waals surface area contributed by atoms with Gasteiger partial charge in [-0.25, -0.2) is 9.97 Å². The predicted molar refractivity (Wildman–Crippen MR) is 92.5 cm³/mol. The Hall–Kier alpha value is -2.24. The van der Waals surface area contributed by atoms with Crippen molar-refractivity contribution in [2.75, 3.05) is 18.5 Å². The van der Waals surface area contributed by atoms with Crippen molar-refractivity contribution in [2.24, 2.45) is 0 Å². The fourth-order valence-electron chi connectivity index (χ4n) is 2.39. The molecule has 0 aliphatic carbocycles. The highest BCUT2D eigenvalue weighted by molar-refractivity contribution is 6.31. The van der Waals surface area contributed by atoms with Gasteiger partial charge in [0.05, 0.1) is 5.52 Å². The van der Waals surface area contributed by atoms with E-state index in [1.54, 1.807) is 0 Å². The predicted octanol–water partition coefficient (Wildman–Crippen LogP) is 4.22. The summed E-state index contributed by atoms with van der Waals surface area (Å²) in [6.07, 6.45) is 1.51. The summed E-state index contributed by atoms with van der Waals surface area (Å²) in [6.45, 7) is 1.14. The molecule has 1 aromatic heterocycles. The van der Waals surface area contributed by atoms with Gasteiger partial charge >= 0.3 is 0 Å². The molecule has 2 aromatic carbocycles. The van der Waals surface area contributed by atoms with Crippen LogP contribution in [0.15, 0.2) is 42.7 Å². The lowest BCUT2D eigenvalue weighted by Gasteiger charge is -2.19. The monoisotopic (exact) mass is 349 g/mol. The third-order valence-corrected chi connectivity index (χ3v) is 3.64. The van der Waals surface area contributed by atoms with Crippen LogP contribution in [-0.4, -0.2) is 23.2 Å². The van der Waals surface area contributed by atoms with Gasteiger partial charge in [0.15, 0.2) is 11.5 Å². The summed E-state index contributed by atoms with van der Waals surface area (Å²) in [6, 6.07) is 11.3. The number of anilines is 2. The van der Waals surface area contributed by atoms with Crippen molar-refractivity contribution in [3.8, 4) is 11.5 Å². The van der Waals surface area contributed by atoms with E-state index in [1.807, 2.05) is 36.4 Å². The van der Waals surface area contributed by atoms with E-state index in [1.165, 1.54) is 6.33 Å². The fourth-order valence-corrected chi connectivity index (χ4v) is 2.55. The molecule has 23 heavy (non-hydrogen) atoms. The highest BCUT2D eigenvalue weighted by Crippen LogP contribution is 2.34. The first kappa shape index (κ1) is 15.6. The van der Waals surface area contributed by atoms with Gasteiger partial charge in [-0.15, -0.1) is 12.4 Å². The van der Waals surface area contributed by atoms with Gasteiger partial charge in [0, 0.05) is 22.2 Å². The molecule has 0 saturated carbocycles. The van der Waals surface area contributed by atoms with Gasteiger partial charge in [0.1, 0.15) is 25.4 Å².